The fourth-order valence-electron chi connectivity index (χ4n) is 3.43. The molecule has 1 amide bonds. The molecule has 0 bridgehead atoms. The van der Waals surface area contributed by atoms with Gasteiger partial charge in [0.1, 0.15) is 17.6 Å². The number of hydrogen-bond acceptors (Lipinski definition) is 8. The SMILES string of the molecule is O=C(Nc1ccc(Oc2ncnc3nc[nH]c23)c2cccnc12)c1cccc(C(F)(F)F)c1.O=C(O)/C=C/C(=O)O. The van der Waals surface area contributed by atoms with E-state index in [1.165, 1.54) is 31.0 Å². The average molecular weight is 566 g/mol. The van der Waals surface area contributed by atoms with Gasteiger partial charge in [0.15, 0.2) is 5.65 Å². The number of halogens is 3. The van der Waals surface area contributed by atoms with Gasteiger partial charge in [-0.3, -0.25) is 9.78 Å². The number of H-pyrrole nitrogens is 1. The molecule has 0 unspecified atom stereocenters. The van der Waals surface area contributed by atoms with Gasteiger partial charge in [-0.15, -0.1) is 0 Å². The second-order valence-corrected chi connectivity index (χ2v) is 7.94. The molecule has 41 heavy (non-hydrogen) atoms. The quantitative estimate of drug-likeness (QED) is 0.211. The summed E-state index contributed by atoms with van der Waals surface area (Å²) in [6.07, 6.45) is 0.889. The molecule has 0 fully saturated rings. The Morgan fingerprint density at radius 3 is 2.39 bits per heavy atom. The Balaban J connectivity index is 0.000000426. The number of carbonyl (C=O) groups is 3. The molecule has 3 aromatic heterocycles. The number of aromatic amines is 1. The minimum absolute atomic E-state index is 0.128. The monoisotopic (exact) mass is 566 g/mol. The summed E-state index contributed by atoms with van der Waals surface area (Å²) in [7, 11) is 0. The highest BCUT2D eigenvalue weighted by atomic mass is 19.4. The normalized spacial score (nSPS) is 11.2. The van der Waals surface area contributed by atoms with E-state index in [1.54, 1.807) is 24.3 Å². The van der Waals surface area contributed by atoms with Crippen LogP contribution in [0.3, 0.4) is 0 Å². The van der Waals surface area contributed by atoms with E-state index in [0.29, 0.717) is 45.7 Å². The van der Waals surface area contributed by atoms with Crippen molar-refractivity contribution in [2.24, 2.45) is 0 Å². The topological polar surface area (TPSA) is 180 Å². The minimum atomic E-state index is -4.55. The molecule has 0 atom stereocenters. The second kappa shape index (κ2) is 11.9. The van der Waals surface area contributed by atoms with Crippen molar-refractivity contribution in [3.63, 3.8) is 0 Å². The highest BCUT2D eigenvalue weighted by Gasteiger charge is 2.31. The summed E-state index contributed by atoms with van der Waals surface area (Å²) in [5.74, 6) is -2.55. The smallest absolute Gasteiger partial charge is 0.416 e. The van der Waals surface area contributed by atoms with Crippen molar-refractivity contribution in [2.45, 2.75) is 6.18 Å². The maximum Gasteiger partial charge on any atom is 0.416 e. The molecule has 0 spiro atoms. The van der Waals surface area contributed by atoms with Gasteiger partial charge in [-0.25, -0.2) is 19.6 Å². The van der Waals surface area contributed by atoms with Gasteiger partial charge in [-0.2, -0.15) is 18.2 Å². The lowest BCUT2D eigenvalue weighted by Gasteiger charge is -2.13. The van der Waals surface area contributed by atoms with Crippen molar-refractivity contribution in [1.82, 2.24) is 24.9 Å². The van der Waals surface area contributed by atoms with Crippen molar-refractivity contribution in [3.8, 4) is 11.6 Å². The number of nitrogens with zero attached hydrogens (tertiary/aromatic N) is 4. The van der Waals surface area contributed by atoms with Crippen LogP contribution in [0.15, 0.2) is 79.5 Å². The van der Waals surface area contributed by atoms with Crippen LogP contribution in [-0.2, 0) is 15.8 Å². The van der Waals surface area contributed by atoms with Crippen LogP contribution in [0.4, 0.5) is 18.9 Å². The van der Waals surface area contributed by atoms with E-state index in [9.17, 15) is 27.6 Å². The highest BCUT2D eigenvalue weighted by Crippen LogP contribution is 2.34. The first-order valence-electron chi connectivity index (χ1n) is 11.3. The standard InChI is InChI=1S/C22H13F3N6O2.C4H4O4/c23-22(24,25)13-4-1-3-12(9-13)20(32)31-15-6-7-16(14-5-2-8-26-17(14)15)33-21-18-19(28-10-27-18)29-11-30-21;5-3(6)1-2-4(7)8/h1-11H,(H,31,32)(H,27,28,29,30);1-2H,(H,5,6)(H,7,8)/b;2-1+. The summed E-state index contributed by atoms with van der Waals surface area (Å²) in [6, 6.07) is 10.8. The van der Waals surface area contributed by atoms with Crippen molar-refractivity contribution in [1.29, 1.82) is 0 Å². The number of carbonyl (C=O) groups excluding carboxylic acids is 1. The number of rotatable bonds is 6. The molecule has 5 aromatic rings. The third-order valence-electron chi connectivity index (χ3n) is 5.19. The molecule has 0 aliphatic carbocycles. The molecule has 0 saturated heterocycles. The summed E-state index contributed by atoms with van der Waals surface area (Å²) in [4.78, 5) is 51.2. The van der Waals surface area contributed by atoms with Gasteiger partial charge < -0.3 is 25.3 Å². The predicted molar refractivity (Wildman–Crippen MR) is 137 cm³/mol. The predicted octanol–water partition coefficient (Wildman–Crippen LogP) is 4.68. The van der Waals surface area contributed by atoms with E-state index < -0.39 is 29.6 Å². The van der Waals surface area contributed by atoms with E-state index in [1.807, 2.05) is 0 Å². The van der Waals surface area contributed by atoms with Crippen LogP contribution in [0.1, 0.15) is 15.9 Å². The number of aromatic nitrogens is 5. The van der Waals surface area contributed by atoms with Gasteiger partial charge in [0.25, 0.3) is 5.91 Å². The van der Waals surface area contributed by atoms with Crippen molar-refractivity contribution < 1.29 is 42.5 Å². The Labute approximate surface area is 227 Å². The number of imidazole rings is 1. The molecule has 208 valence electrons. The summed E-state index contributed by atoms with van der Waals surface area (Å²) >= 11 is 0. The first-order valence-corrected chi connectivity index (χ1v) is 11.3. The molecular formula is C26H17F3N6O6. The fourth-order valence-corrected chi connectivity index (χ4v) is 3.43. The van der Waals surface area contributed by atoms with E-state index in [4.69, 9.17) is 14.9 Å². The second-order valence-electron chi connectivity index (χ2n) is 7.94. The molecule has 15 heteroatoms. The van der Waals surface area contributed by atoms with Gasteiger partial charge in [0.05, 0.1) is 23.1 Å². The van der Waals surface area contributed by atoms with E-state index >= 15 is 0 Å². The lowest BCUT2D eigenvalue weighted by Crippen LogP contribution is -2.14. The van der Waals surface area contributed by atoms with Crippen molar-refractivity contribution in [2.75, 3.05) is 5.32 Å². The third-order valence-corrected chi connectivity index (χ3v) is 5.19. The summed E-state index contributed by atoms with van der Waals surface area (Å²) < 4.78 is 44.9. The van der Waals surface area contributed by atoms with Crippen LogP contribution in [0.25, 0.3) is 22.1 Å². The Kier molecular flexibility index (Phi) is 8.17. The van der Waals surface area contributed by atoms with E-state index in [-0.39, 0.29) is 11.4 Å². The number of carboxylic acids is 2. The molecule has 5 rings (SSSR count). The number of nitrogens with one attached hydrogen (secondary N) is 2. The fraction of sp³-hybridized carbons (Fsp3) is 0.0385. The maximum absolute atomic E-state index is 13.0. The highest BCUT2D eigenvalue weighted by molar-refractivity contribution is 6.09. The Morgan fingerprint density at radius 1 is 0.927 bits per heavy atom. The largest absolute Gasteiger partial charge is 0.478 e. The number of benzene rings is 2. The zero-order chi connectivity index (χ0) is 29.6. The van der Waals surface area contributed by atoms with Gasteiger partial charge >= 0.3 is 18.1 Å². The summed E-state index contributed by atoms with van der Waals surface area (Å²) in [5, 5.41) is 18.8. The lowest BCUT2D eigenvalue weighted by atomic mass is 10.1. The van der Waals surface area contributed by atoms with Gasteiger partial charge in [0, 0.05) is 29.3 Å². The molecule has 2 aromatic carbocycles. The Morgan fingerprint density at radius 2 is 1.68 bits per heavy atom. The Bertz CT molecular complexity index is 1770. The van der Waals surface area contributed by atoms with Crippen LogP contribution in [0.5, 0.6) is 11.6 Å². The third kappa shape index (κ3) is 6.97. The Hall–Kier alpha value is -5.86. The number of alkyl halides is 3. The first-order chi connectivity index (χ1) is 19.5. The van der Waals surface area contributed by atoms with Crippen LogP contribution in [0.2, 0.25) is 0 Å². The molecule has 0 radical (unpaired) electrons. The number of amides is 1. The van der Waals surface area contributed by atoms with Gasteiger partial charge in [-0.05, 0) is 42.5 Å². The zero-order valence-corrected chi connectivity index (χ0v) is 20.5. The molecule has 0 saturated carbocycles. The minimum Gasteiger partial charge on any atom is -0.478 e. The number of fused-ring (bicyclic) bond motifs is 2. The first kappa shape index (κ1) is 28.2. The number of ether oxygens (including phenoxy) is 1. The van der Waals surface area contributed by atoms with Crippen LogP contribution >= 0.6 is 0 Å². The molecular weight excluding hydrogens is 549 g/mol. The van der Waals surface area contributed by atoms with Crippen LogP contribution in [0, 0.1) is 0 Å². The number of aliphatic carboxylic acids is 2. The molecule has 3 heterocycles. The number of hydrogen-bond donors (Lipinski definition) is 4. The number of anilines is 1. The molecule has 4 N–H and O–H groups in total. The molecule has 0 aliphatic rings. The van der Waals surface area contributed by atoms with E-state index in [2.05, 4.69) is 30.2 Å². The number of carboxylic acid groups (broad SMARTS) is 2. The van der Waals surface area contributed by atoms with Crippen LogP contribution < -0.4 is 10.1 Å². The zero-order valence-electron chi connectivity index (χ0n) is 20.5. The molecule has 12 nitrogen and oxygen atoms in total. The van der Waals surface area contributed by atoms with E-state index in [0.717, 1.165) is 12.1 Å². The lowest BCUT2D eigenvalue weighted by molar-refractivity contribution is -0.137. The van der Waals surface area contributed by atoms with Crippen molar-refractivity contribution in [3.05, 3.63) is 90.7 Å². The average Bonchev–Trinajstić information content (AvgIpc) is 3.43. The molecule has 0 aliphatic heterocycles. The van der Waals surface area contributed by atoms with Gasteiger partial charge in [0.2, 0.25) is 5.88 Å². The van der Waals surface area contributed by atoms with Crippen LogP contribution in [-0.4, -0.2) is 53.0 Å². The summed E-state index contributed by atoms with van der Waals surface area (Å²) in [5.41, 5.74) is 0.623. The summed E-state index contributed by atoms with van der Waals surface area (Å²) in [6.45, 7) is 0. The van der Waals surface area contributed by atoms with Gasteiger partial charge in [-0.1, -0.05) is 6.07 Å². The maximum atomic E-state index is 13.0. The number of pyridine rings is 1. The van der Waals surface area contributed by atoms with Crippen molar-refractivity contribution >= 4 is 45.6 Å².